The molecule has 6 nitrogen and oxygen atoms in total. The largest absolute Gasteiger partial charge is 0.465 e. The zero-order valence-corrected chi connectivity index (χ0v) is 15.1. The highest BCUT2D eigenvalue weighted by molar-refractivity contribution is 7.92. The Bertz CT molecular complexity index is 670. The van der Waals surface area contributed by atoms with E-state index in [1.807, 2.05) is 0 Å². The third kappa shape index (κ3) is 3.97. The topological polar surface area (TPSA) is 86.7 Å². The van der Waals surface area contributed by atoms with Gasteiger partial charge in [-0.1, -0.05) is 0 Å². The van der Waals surface area contributed by atoms with Crippen LogP contribution in [0, 0.1) is 0 Å². The van der Waals surface area contributed by atoms with Crippen molar-refractivity contribution in [3.63, 3.8) is 0 Å². The fourth-order valence-corrected chi connectivity index (χ4v) is 3.89. The van der Waals surface area contributed by atoms with E-state index in [1.165, 1.54) is 13.1 Å². The van der Waals surface area contributed by atoms with Gasteiger partial charge in [0.05, 0.1) is 10.1 Å². The number of sulfone groups is 1. The van der Waals surface area contributed by atoms with Gasteiger partial charge in [-0.05, 0) is 57.0 Å². The van der Waals surface area contributed by atoms with E-state index in [-0.39, 0.29) is 18.4 Å². The van der Waals surface area contributed by atoms with E-state index in [4.69, 9.17) is 5.11 Å². The number of anilines is 1. The second-order valence-corrected chi connectivity index (χ2v) is 8.28. The van der Waals surface area contributed by atoms with Crippen LogP contribution >= 0.6 is 12.4 Å². The third-order valence-corrected chi connectivity index (χ3v) is 6.26. The van der Waals surface area contributed by atoms with E-state index in [1.54, 1.807) is 26.0 Å². The minimum Gasteiger partial charge on any atom is -0.465 e. The molecule has 0 bridgehead atoms. The zero-order valence-electron chi connectivity index (χ0n) is 13.4. The van der Waals surface area contributed by atoms with Crippen molar-refractivity contribution in [3.05, 3.63) is 23.8 Å². The number of carboxylic acid groups (broad SMARTS) is 1. The smallest absolute Gasteiger partial charge is 0.411 e. The van der Waals surface area contributed by atoms with Gasteiger partial charge in [-0.15, -0.1) is 12.4 Å². The van der Waals surface area contributed by atoms with E-state index in [0.29, 0.717) is 16.1 Å². The van der Waals surface area contributed by atoms with Crippen molar-refractivity contribution < 1.29 is 18.3 Å². The molecule has 1 heterocycles. The molecule has 1 saturated heterocycles. The summed E-state index contributed by atoms with van der Waals surface area (Å²) in [6.07, 6.45) is 0.746. The maximum atomic E-state index is 12.6. The van der Waals surface area contributed by atoms with Crippen molar-refractivity contribution in [3.8, 4) is 0 Å². The molecule has 1 aromatic rings. The minimum atomic E-state index is -3.41. The number of nitrogens with one attached hydrogen (secondary N) is 1. The van der Waals surface area contributed by atoms with Crippen LogP contribution in [0.4, 0.5) is 10.5 Å². The standard InChI is InChI=1S/C15H22N2O4S.ClH/c1-10(2)22(20,21)14-7-6-11(17(3)15(18)19)9-12(14)13-5-4-8-16-13;/h6-7,9-10,13,16H,4-5,8H2,1-3H3,(H,18,19);1H. The normalized spacial score (nSPS) is 17.8. The summed E-state index contributed by atoms with van der Waals surface area (Å²) in [6.45, 7) is 4.14. The van der Waals surface area contributed by atoms with E-state index in [2.05, 4.69) is 5.32 Å². The number of hydrogen-bond acceptors (Lipinski definition) is 4. The molecule has 23 heavy (non-hydrogen) atoms. The molecule has 0 saturated carbocycles. The summed E-state index contributed by atoms with van der Waals surface area (Å²) < 4.78 is 25.1. The van der Waals surface area contributed by atoms with Crippen molar-refractivity contribution >= 4 is 34.0 Å². The van der Waals surface area contributed by atoms with Crippen LogP contribution in [0.25, 0.3) is 0 Å². The molecule has 2 N–H and O–H groups in total. The summed E-state index contributed by atoms with van der Waals surface area (Å²) in [4.78, 5) is 12.5. The monoisotopic (exact) mass is 362 g/mol. The maximum absolute atomic E-state index is 12.6. The number of nitrogens with zero attached hydrogens (tertiary/aromatic N) is 1. The summed E-state index contributed by atoms with van der Waals surface area (Å²) in [7, 11) is -1.97. The molecule has 2 rings (SSSR count). The molecular weight excluding hydrogens is 340 g/mol. The molecule has 1 fully saturated rings. The first-order chi connectivity index (χ1) is 10.2. The number of halogens is 1. The SMILES string of the molecule is CC(C)S(=O)(=O)c1ccc(N(C)C(=O)O)cc1C1CCCN1.Cl. The molecule has 1 atom stereocenters. The summed E-state index contributed by atoms with van der Waals surface area (Å²) in [5, 5.41) is 11.9. The predicted molar refractivity (Wildman–Crippen MR) is 92.4 cm³/mol. The Kier molecular flexibility index (Phi) is 6.44. The van der Waals surface area contributed by atoms with Gasteiger partial charge in [-0.2, -0.15) is 0 Å². The Hall–Kier alpha value is -1.31. The number of benzene rings is 1. The van der Waals surface area contributed by atoms with Crippen LogP contribution in [0.3, 0.4) is 0 Å². The molecule has 1 unspecified atom stereocenters. The number of rotatable bonds is 4. The van der Waals surface area contributed by atoms with Gasteiger partial charge >= 0.3 is 6.09 Å². The van der Waals surface area contributed by atoms with Gasteiger partial charge in [-0.25, -0.2) is 13.2 Å². The fourth-order valence-electron chi connectivity index (χ4n) is 2.59. The summed E-state index contributed by atoms with van der Waals surface area (Å²) in [6, 6.07) is 4.69. The lowest BCUT2D eigenvalue weighted by Crippen LogP contribution is -2.25. The number of hydrogen-bond donors (Lipinski definition) is 2. The molecular formula is C15H23ClN2O4S. The summed E-state index contributed by atoms with van der Waals surface area (Å²) in [5.41, 5.74) is 1.13. The molecule has 0 spiro atoms. The van der Waals surface area contributed by atoms with Crippen molar-refractivity contribution in [1.82, 2.24) is 5.32 Å². The molecule has 0 aliphatic carbocycles. The number of amides is 1. The highest BCUT2D eigenvalue weighted by Gasteiger charge is 2.28. The van der Waals surface area contributed by atoms with Gasteiger partial charge in [0.1, 0.15) is 0 Å². The van der Waals surface area contributed by atoms with Crippen LogP contribution in [0.2, 0.25) is 0 Å². The second-order valence-electron chi connectivity index (χ2n) is 5.81. The third-order valence-electron chi connectivity index (χ3n) is 4.03. The molecule has 1 aliphatic heterocycles. The molecule has 130 valence electrons. The first-order valence-electron chi connectivity index (χ1n) is 7.33. The average molecular weight is 363 g/mol. The van der Waals surface area contributed by atoms with Gasteiger partial charge in [0.2, 0.25) is 0 Å². The first kappa shape index (κ1) is 19.7. The molecule has 1 amide bonds. The van der Waals surface area contributed by atoms with Crippen molar-refractivity contribution in [2.24, 2.45) is 0 Å². The van der Waals surface area contributed by atoms with E-state index >= 15 is 0 Å². The van der Waals surface area contributed by atoms with Crippen molar-refractivity contribution in [2.75, 3.05) is 18.5 Å². The van der Waals surface area contributed by atoms with Gasteiger partial charge in [0.25, 0.3) is 0 Å². The molecule has 1 aromatic carbocycles. The lowest BCUT2D eigenvalue weighted by molar-refractivity contribution is 0.203. The highest BCUT2D eigenvalue weighted by atomic mass is 35.5. The van der Waals surface area contributed by atoms with Crippen LogP contribution in [0.1, 0.15) is 38.3 Å². The van der Waals surface area contributed by atoms with Crippen LogP contribution in [-0.4, -0.2) is 38.5 Å². The fraction of sp³-hybridized carbons (Fsp3) is 0.533. The Morgan fingerprint density at radius 3 is 2.52 bits per heavy atom. The lowest BCUT2D eigenvalue weighted by atomic mass is 10.0. The van der Waals surface area contributed by atoms with Crippen LogP contribution < -0.4 is 10.2 Å². The second kappa shape index (κ2) is 7.51. The maximum Gasteiger partial charge on any atom is 0.411 e. The van der Waals surface area contributed by atoms with Crippen molar-refractivity contribution in [2.45, 2.75) is 42.9 Å². The predicted octanol–water partition coefficient (Wildman–Crippen LogP) is 2.83. The van der Waals surface area contributed by atoms with Crippen LogP contribution in [0.5, 0.6) is 0 Å². The molecule has 8 heteroatoms. The van der Waals surface area contributed by atoms with Crippen LogP contribution in [0.15, 0.2) is 23.1 Å². The highest BCUT2D eigenvalue weighted by Crippen LogP contribution is 2.33. The van der Waals surface area contributed by atoms with Gasteiger partial charge < -0.3 is 10.4 Å². The Balaban J connectivity index is 0.00000264. The van der Waals surface area contributed by atoms with Gasteiger partial charge in [-0.3, -0.25) is 4.90 Å². The summed E-state index contributed by atoms with van der Waals surface area (Å²) in [5.74, 6) is 0. The van der Waals surface area contributed by atoms with Gasteiger partial charge in [0, 0.05) is 18.8 Å². The minimum absolute atomic E-state index is 0. The quantitative estimate of drug-likeness (QED) is 0.860. The van der Waals surface area contributed by atoms with Crippen molar-refractivity contribution in [1.29, 1.82) is 0 Å². The zero-order chi connectivity index (χ0) is 16.5. The van der Waals surface area contributed by atoms with Gasteiger partial charge in [0.15, 0.2) is 9.84 Å². The number of carbonyl (C=O) groups is 1. The Labute approximate surface area is 143 Å². The first-order valence-corrected chi connectivity index (χ1v) is 8.87. The van der Waals surface area contributed by atoms with Crippen LogP contribution in [-0.2, 0) is 9.84 Å². The average Bonchev–Trinajstić information content (AvgIpc) is 2.99. The van der Waals surface area contributed by atoms with E-state index in [0.717, 1.165) is 24.3 Å². The molecule has 1 aliphatic rings. The Morgan fingerprint density at radius 1 is 1.39 bits per heavy atom. The molecule has 0 radical (unpaired) electrons. The van der Waals surface area contributed by atoms with E-state index < -0.39 is 21.2 Å². The Morgan fingerprint density at radius 2 is 2.04 bits per heavy atom. The van der Waals surface area contributed by atoms with E-state index in [9.17, 15) is 13.2 Å². The summed E-state index contributed by atoms with van der Waals surface area (Å²) >= 11 is 0. The molecule has 0 aromatic heterocycles. The lowest BCUT2D eigenvalue weighted by Gasteiger charge is -2.21.